The minimum absolute atomic E-state index is 0.220. The van der Waals surface area contributed by atoms with Crippen molar-refractivity contribution < 1.29 is 28.4 Å². The molecule has 11 heteroatoms. The Morgan fingerprint density at radius 3 is 2.97 bits per heavy atom. The standard InChI is InChI=1S/C25H26ClFN4O5/c1-33-6-2-3-12-7-13-4-5-16(20(13)15(27)8-12)28-23-14(26)9-17-24(30-23)31-25(29-17)36-19-11-35-21-18(32)10-34-22(19)21/h2-3,7-9,16,18-19,21-22,32H,4-6,10-11H2,1H3,(H2,28,29,30,31)/b3-2+/t16?,18-,19?,21-,22-/m1/s1. The van der Waals surface area contributed by atoms with Crippen molar-refractivity contribution in [3.8, 4) is 6.01 Å². The average molecular weight is 517 g/mol. The first-order valence-corrected chi connectivity index (χ1v) is 12.3. The van der Waals surface area contributed by atoms with Crippen molar-refractivity contribution >= 4 is 34.7 Å². The topological polar surface area (TPSA) is 111 Å². The molecule has 6 rings (SSSR count). The molecule has 9 nitrogen and oxygen atoms in total. The Hall–Kier alpha value is -2.76. The van der Waals surface area contributed by atoms with Crippen LogP contribution in [0.1, 0.15) is 29.2 Å². The summed E-state index contributed by atoms with van der Waals surface area (Å²) in [5, 5.41) is 13.6. The number of hydrogen-bond acceptors (Lipinski definition) is 8. The van der Waals surface area contributed by atoms with E-state index >= 15 is 4.39 Å². The molecule has 3 aliphatic rings. The zero-order valence-corrected chi connectivity index (χ0v) is 20.3. The van der Waals surface area contributed by atoms with Crippen LogP contribution in [-0.4, -0.2) is 71.4 Å². The highest BCUT2D eigenvalue weighted by Gasteiger charge is 2.48. The molecular formula is C25H26ClFN4O5. The molecule has 1 aromatic carbocycles. The van der Waals surface area contributed by atoms with E-state index in [-0.39, 0.29) is 30.6 Å². The molecule has 2 aromatic heterocycles. The van der Waals surface area contributed by atoms with Gasteiger partial charge in [-0.1, -0.05) is 29.8 Å². The molecule has 0 radical (unpaired) electrons. The predicted molar refractivity (Wildman–Crippen MR) is 131 cm³/mol. The molecule has 0 saturated carbocycles. The van der Waals surface area contributed by atoms with Gasteiger partial charge in [0, 0.05) is 12.7 Å². The van der Waals surface area contributed by atoms with Gasteiger partial charge in [-0.3, -0.25) is 0 Å². The zero-order chi connectivity index (χ0) is 24.8. The van der Waals surface area contributed by atoms with E-state index in [9.17, 15) is 5.11 Å². The van der Waals surface area contributed by atoms with E-state index in [2.05, 4.69) is 20.3 Å². The number of pyridine rings is 1. The first-order valence-electron chi connectivity index (χ1n) is 11.9. The van der Waals surface area contributed by atoms with Crippen molar-refractivity contribution in [3.05, 3.63) is 51.8 Å². The number of rotatable bonds is 7. The van der Waals surface area contributed by atoms with Gasteiger partial charge >= 0.3 is 0 Å². The molecular weight excluding hydrogens is 491 g/mol. The zero-order valence-electron chi connectivity index (χ0n) is 19.5. The normalized spacial score (nSPS) is 27.2. The molecule has 4 heterocycles. The number of aryl methyl sites for hydroxylation is 1. The third kappa shape index (κ3) is 4.33. The van der Waals surface area contributed by atoms with Crippen molar-refractivity contribution in [2.45, 2.75) is 43.3 Å². The van der Waals surface area contributed by atoms with Crippen LogP contribution in [0, 0.1) is 5.82 Å². The molecule has 5 atom stereocenters. The average Bonchev–Trinajstić information content (AvgIpc) is 3.61. The quantitative estimate of drug-likeness (QED) is 0.438. The maximum absolute atomic E-state index is 15.1. The molecule has 1 aliphatic carbocycles. The van der Waals surface area contributed by atoms with E-state index in [4.69, 9.17) is 30.5 Å². The van der Waals surface area contributed by atoms with E-state index in [0.717, 1.165) is 24.0 Å². The lowest BCUT2D eigenvalue weighted by Crippen LogP contribution is -2.34. The number of nitrogens with one attached hydrogen (secondary N) is 2. The smallest absolute Gasteiger partial charge is 0.296 e. The van der Waals surface area contributed by atoms with Crippen LogP contribution in [0.15, 0.2) is 24.3 Å². The van der Waals surface area contributed by atoms with Gasteiger partial charge < -0.3 is 34.4 Å². The number of aliphatic hydroxyl groups is 1. The van der Waals surface area contributed by atoms with E-state index in [0.29, 0.717) is 40.8 Å². The second kappa shape index (κ2) is 9.60. The summed E-state index contributed by atoms with van der Waals surface area (Å²) in [5.41, 5.74) is 3.43. The van der Waals surface area contributed by atoms with Gasteiger partial charge in [0.15, 0.2) is 11.8 Å². The molecule has 190 valence electrons. The largest absolute Gasteiger partial charge is 0.456 e. The Balaban J connectivity index is 1.20. The summed E-state index contributed by atoms with van der Waals surface area (Å²) in [6.07, 6.45) is 3.39. The Morgan fingerprint density at radius 1 is 1.25 bits per heavy atom. The van der Waals surface area contributed by atoms with Crippen molar-refractivity contribution in [1.29, 1.82) is 0 Å². The number of hydrogen-bond donors (Lipinski definition) is 3. The number of methoxy groups -OCH3 is 1. The fourth-order valence-corrected chi connectivity index (χ4v) is 5.37. The maximum atomic E-state index is 15.1. The van der Waals surface area contributed by atoms with Crippen molar-refractivity contribution in [2.75, 3.05) is 32.2 Å². The van der Waals surface area contributed by atoms with Crippen LogP contribution in [0.5, 0.6) is 6.01 Å². The molecule has 2 fully saturated rings. The Morgan fingerprint density at radius 2 is 2.11 bits per heavy atom. The van der Waals surface area contributed by atoms with Crippen molar-refractivity contribution in [2.24, 2.45) is 0 Å². The highest BCUT2D eigenvalue weighted by molar-refractivity contribution is 6.33. The fourth-order valence-electron chi connectivity index (χ4n) is 5.17. The van der Waals surface area contributed by atoms with Crippen LogP contribution in [0.3, 0.4) is 0 Å². The molecule has 0 spiro atoms. The maximum Gasteiger partial charge on any atom is 0.296 e. The molecule has 3 N–H and O–H groups in total. The number of fused-ring (bicyclic) bond motifs is 3. The molecule has 2 unspecified atom stereocenters. The summed E-state index contributed by atoms with van der Waals surface area (Å²) < 4.78 is 37.2. The van der Waals surface area contributed by atoms with Crippen LogP contribution >= 0.6 is 11.6 Å². The highest BCUT2D eigenvalue weighted by atomic mass is 35.5. The van der Waals surface area contributed by atoms with E-state index in [1.807, 2.05) is 18.2 Å². The second-order valence-electron chi connectivity index (χ2n) is 9.22. The third-order valence-corrected chi connectivity index (χ3v) is 7.11. The number of halogens is 2. The van der Waals surface area contributed by atoms with Gasteiger partial charge in [-0.25, -0.2) is 9.37 Å². The van der Waals surface area contributed by atoms with Gasteiger partial charge in [0.1, 0.15) is 29.9 Å². The summed E-state index contributed by atoms with van der Waals surface area (Å²) in [7, 11) is 1.62. The van der Waals surface area contributed by atoms with Gasteiger partial charge in [-0.2, -0.15) is 4.98 Å². The summed E-state index contributed by atoms with van der Waals surface area (Å²) >= 11 is 6.52. The first kappa shape index (κ1) is 23.6. The number of anilines is 1. The second-order valence-corrected chi connectivity index (χ2v) is 9.63. The first-order chi connectivity index (χ1) is 17.5. The summed E-state index contributed by atoms with van der Waals surface area (Å²) in [6, 6.07) is 5.26. The summed E-state index contributed by atoms with van der Waals surface area (Å²) in [4.78, 5) is 12.1. The van der Waals surface area contributed by atoms with E-state index in [1.165, 1.54) is 6.07 Å². The summed E-state index contributed by atoms with van der Waals surface area (Å²) in [6.45, 7) is 0.987. The number of aromatic nitrogens is 3. The third-order valence-electron chi connectivity index (χ3n) is 6.82. The van der Waals surface area contributed by atoms with E-state index in [1.54, 1.807) is 13.2 Å². The van der Waals surface area contributed by atoms with Crippen LogP contribution in [0.2, 0.25) is 5.02 Å². The van der Waals surface area contributed by atoms with Gasteiger partial charge in [0.05, 0.1) is 36.4 Å². The number of H-pyrrole nitrogens is 1. The number of imidazole rings is 1. The Bertz CT molecular complexity index is 1320. The SMILES string of the molecule is COC/C=C/c1cc(F)c2c(c1)CCC2Nc1nc2nc(OC3CO[C@@H]4[C@H](O)CO[C@H]34)[nH]c2cc1Cl. The van der Waals surface area contributed by atoms with Gasteiger partial charge in [-0.05, 0) is 36.1 Å². The minimum atomic E-state index is -0.655. The number of ether oxygens (including phenoxy) is 4. The van der Waals surface area contributed by atoms with Crippen LogP contribution in [-0.2, 0) is 20.6 Å². The number of aromatic amines is 1. The molecule has 0 amide bonds. The number of aliphatic hydroxyl groups excluding tert-OH is 1. The summed E-state index contributed by atoms with van der Waals surface area (Å²) in [5.74, 6) is 0.165. The lowest BCUT2D eigenvalue weighted by atomic mass is 10.0. The number of nitrogens with zero attached hydrogens (tertiary/aromatic N) is 2. The van der Waals surface area contributed by atoms with Crippen molar-refractivity contribution in [1.82, 2.24) is 15.0 Å². The van der Waals surface area contributed by atoms with E-state index < -0.39 is 18.3 Å². The predicted octanol–water partition coefficient (Wildman–Crippen LogP) is 3.42. The lowest BCUT2D eigenvalue weighted by Gasteiger charge is -2.16. The lowest BCUT2D eigenvalue weighted by molar-refractivity contribution is 0.00706. The monoisotopic (exact) mass is 516 g/mol. The van der Waals surface area contributed by atoms with Crippen LogP contribution < -0.4 is 10.1 Å². The fraction of sp³-hybridized carbons (Fsp3) is 0.440. The molecule has 36 heavy (non-hydrogen) atoms. The number of benzene rings is 1. The van der Waals surface area contributed by atoms with Gasteiger partial charge in [-0.15, -0.1) is 0 Å². The molecule has 0 bridgehead atoms. The van der Waals surface area contributed by atoms with Crippen molar-refractivity contribution in [3.63, 3.8) is 0 Å². The van der Waals surface area contributed by atoms with Crippen LogP contribution in [0.25, 0.3) is 17.2 Å². The molecule has 2 saturated heterocycles. The Kier molecular flexibility index (Phi) is 6.30. The highest BCUT2D eigenvalue weighted by Crippen LogP contribution is 2.38. The minimum Gasteiger partial charge on any atom is -0.456 e. The van der Waals surface area contributed by atoms with Gasteiger partial charge in [0.2, 0.25) is 0 Å². The Labute approximate surface area is 211 Å². The molecule has 2 aliphatic heterocycles. The van der Waals surface area contributed by atoms with Crippen LogP contribution in [0.4, 0.5) is 10.2 Å². The molecule has 3 aromatic rings. The van der Waals surface area contributed by atoms with Gasteiger partial charge in [0.25, 0.3) is 6.01 Å².